The summed E-state index contributed by atoms with van der Waals surface area (Å²) in [7, 11) is 0. The van der Waals surface area contributed by atoms with Crippen LogP contribution in [0.5, 0.6) is 0 Å². The normalized spacial score (nSPS) is 27.0. The lowest BCUT2D eigenvalue weighted by Crippen LogP contribution is -2.42. The molecule has 0 saturated carbocycles. The van der Waals surface area contributed by atoms with E-state index in [1.54, 1.807) is 22.6 Å². The Morgan fingerprint density at radius 3 is 2.37 bits per heavy atom. The molecule has 2 rings (SSSR count). The lowest BCUT2D eigenvalue weighted by molar-refractivity contribution is -0.244. The van der Waals surface area contributed by atoms with Crippen molar-refractivity contribution in [3.8, 4) is 0 Å². The second kappa shape index (κ2) is 6.62. The zero-order chi connectivity index (χ0) is 13.8. The molecule has 19 heavy (non-hydrogen) atoms. The lowest BCUT2D eigenvalue weighted by atomic mass is 10.1. The Balaban J connectivity index is 1.99. The van der Waals surface area contributed by atoms with Gasteiger partial charge in [-0.3, -0.25) is 0 Å². The fourth-order valence-corrected chi connectivity index (χ4v) is 1.91. The van der Waals surface area contributed by atoms with Crippen LogP contribution in [0.15, 0.2) is 24.3 Å². The summed E-state index contributed by atoms with van der Waals surface area (Å²) in [6.45, 7) is 0.244. The lowest BCUT2D eigenvalue weighted by Gasteiger charge is -2.32. The highest BCUT2D eigenvalue weighted by molar-refractivity contribution is 14.1. The molecule has 6 nitrogen and oxygen atoms in total. The van der Waals surface area contributed by atoms with Crippen LogP contribution in [-0.2, 0) is 20.8 Å². The number of benzene rings is 1. The molecule has 1 fully saturated rings. The Bertz CT molecular complexity index is 430. The van der Waals surface area contributed by atoms with Crippen LogP contribution < -0.4 is 11.5 Å². The van der Waals surface area contributed by atoms with Gasteiger partial charge in [0.25, 0.3) is 0 Å². The quantitative estimate of drug-likeness (QED) is 0.615. The highest BCUT2D eigenvalue weighted by Gasteiger charge is 2.26. The summed E-state index contributed by atoms with van der Waals surface area (Å²) in [6, 6.07) is 7.36. The predicted molar refractivity (Wildman–Crippen MR) is 76.1 cm³/mol. The molecule has 4 N–H and O–H groups in total. The van der Waals surface area contributed by atoms with Crippen LogP contribution in [0.25, 0.3) is 0 Å². The number of carbonyl (C=O) groups excluding carboxylic acids is 1. The van der Waals surface area contributed by atoms with Crippen molar-refractivity contribution in [1.29, 1.82) is 0 Å². The number of ether oxygens (including phenoxy) is 3. The van der Waals surface area contributed by atoms with Crippen molar-refractivity contribution >= 4 is 26.6 Å². The average molecular weight is 378 g/mol. The van der Waals surface area contributed by atoms with Gasteiger partial charge < -0.3 is 25.7 Å². The van der Waals surface area contributed by atoms with Gasteiger partial charge in [-0.1, -0.05) is 24.3 Å². The van der Waals surface area contributed by atoms with Gasteiger partial charge in [0.2, 0.25) is 0 Å². The van der Waals surface area contributed by atoms with Crippen molar-refractivity contribution in [2.24, 2.45) is 11.5 Å². The molecule has 0 bridgehead atoms. The largest absolute Gasteiger partial charge is 0.453 e. The minimum atomic E-state index is -0.556. The molecule has 0 spiro atoms. The standard InChI is InChI=1S/C12H15IN2O4/c13-12(16)17-6-7-1-3-8(4-2-7)11-18-9(14)5-10(15)19-11/h1-4,9-11H,5-6,14-15H2/t9-,10+,11?. The Kier molecular flexibility index (Phi) is 5.11. The fraction of sp³-hybridized carbons (Fsp3) is 0.417. The van der Waals surface area contributed by atoms with Gasteiger partial charge in [-0.2, -0.15) is 0 Å². The molecule has 1 heterocycles. The van der Waals surface area contributed by atoms with E-state index in [-0.39, 0.29) is 10.6 Å². The number of halogens is 1. The van der Waals surface area contributed by atoms with E-state index in [9.17, 15) is 4.79 Å². The number of hydrogen-bond acceptors (Lipinski definition) is 6. The van der Waals surface area contributed by atoms with Crippen LogP contribution in [0.1, 0.15) is 23.8 Å². The Morgan fingerprint density at radius 2 is 1.84 bits per heavy atom. The van der Waals surface area contributed by atoms with E-state index in [1.807, 2.05) is 24.3 Å². The molecule has 1 aromatic carbocycles. The molecule has 0 radical (unpaired) electrons. The highest BCUT2D eigenvalue weighted by Crippen LogP contribution is 2.26. The Labute approximate surface area is 124 Å². The van der Waals surface area contributed by atoms with Gasteiger partial charge >= 0.3 is 3.98 Å². The third kappa shape index (κ3) is 4.39. The molecule has 7 heteroatoms. The molecule has 1 aromatic rings. The predicted octanol–water partition coefficient (Wildman–Crippen LogP) is 1.76. The number of carbonyl (C=O) groups is 1. The first kappa shape index (κ1) is 14.7. The molecule has 1 aliphatic heterocycles. The summed E-state index contributed by atoms with van der Waals surface area (Å²) in [5.74, 6) is 0. The fourth-order valence-electron chi connectivity index (χ4n) is 1.76. The van der Waals surface area contributed by atoms with Crippen LogP contribution in [0.4, 0.5) is 4.79 Å². The third-order valence-corrected chi connectivity index (χ3v) is 2.98. The van der Waals surface area contributed by atoms with Crippen LogP contribution in [0, 0.1) is 0 Å². The summed E-state index contributed by atoms with van der Waals surface area (Å²) in [4.78, 5) is 10.7. The minimum absolute atomic E-state index is 0.244. The van der Waals surface area contributed by atoms with Crippen molar-refractivity contribution in [2.75, 3.05) is 0 Å². The molecule has 0 amide bonds. The van der Waals surface area contributed by atoms with Crippen molar-refractivity contribution in [1.82, 2.24) is 0 Å². The zero-order valence-electron chi connectivity index (χ0n) is 10.1. The van der Waals surface area contributed by atoms with Crippen molar-refractivity contribution < 1.29 is 19.0 Å². The van der Waals surface area contributed by atoms with Crippen molar-refractivity contribution in [2.45, 2.75) is 31.8 Å². The Hall–Kier alpha value is -0.740. The molecule has 1 saturated heterocycles. The van der Waals surface area contributed by atoms with E-state index in [0.717, 1.165) is 11.1 Å². The maximum Gasteiger partial charge on any atom is 0.367 e. The molecule has 0 aromatic heterocycles. The van der Waals surface area contributed by atoms with Gasteiger partial charge in [-0.05, 0) is 5.56 Å². The summed E-state index contributed by atoms with van der Waals surface area (Å²) in [5.41, 5.74) is 13.2. The summed E-state index contributed by atoms with van der Waals surface area (Å²) < 4.78 is 15.5. The average Bonchev–Trinajstić information content (AvgIpc) is 2.36. The Morgan fingerprint density at radius 1 is 1.26 bits per heavy atom. The first-order valence-corrected chi connectivity index (χ1v) is 6.85. The van der Waals surface area contributed by atoms with E-state index in [0.29, 0.717) is 6.42 Å². The molecular formula is C12H15IN2O4. The molecule has 104 valence electrons. The van der Waals surface area contributed by atoms with Gasteiger partial charge in [0.1, 0.15) is 19.1 Å². The van der Waals surface area contributed by atoms with Gasteiger partial charge in [-0.25, -0.2) is 4.79 Å². The molecule has 0 aliphatic carbocycles. The van der Waals surface area contributed by atoms with Gasteiger partial charge in [-0.15, -0.1) is 0 Å². The molecule has 3 atom stereocenters. The maximum absolute atomic E-state index is 10.7. The molecule has 1 aliphatic rings. The van der Waals surface area contributed by atoms with Gasteiger partial charge in [0.05, 0.1) is 22.6 Å². The third-order valence-electron chi connectivity index (χ3n) is 2.67. The summed E-state index contributed by atoms with van der Waals surface area (Å²) in [5, 5.41) is 0. The molecular weight excluding hydrogens is 363 g/mol. The SMILES string of the molecule is N[C@@H]1C[C@H](N)OC(c2ccc(COC(=O)I)cc2)O1. The van der Waals surface area contributed by atoms with E-state index in [4.69, 9.17) is 25.7 Å². The minimum Gasteiger partial charge on any atom is -0.453 e. The zero-order valence-corrected chi connectivity index (χ0v) is 12.3. The first-order chi connectivity index (χ1) is 9.04. The van der Waals surface area contributed by atoms with E-state index in [1.165, 1.54) is 0 Å². The highest BCUT2D eigenvalue weighted by atomic mass is 127. The van der Waals surface area contributed by atoms with Gasteiger partial charge in [0.15, 0.2) is 6.29 Å². The van der Waals surface area contributed by atoms with Crippen LogP contribution in [-0.4, -0.2) is 16.4 Å². The topological polar surface area (TPSA) is 96.8 Å². The van der Waals surface area contributed by atoms with Gasteiger partial charge in [0, 0.05) is 12.0 Å². The van der Waals surface area contributed by atoms with Crippen LogP contribution >= 0.6 is 22.6 Å². The number of rotatable bonds is 3. The monoisotopic (exact) mass is 378 g/mol. The summed E-state index contributed by atoms with van der Waals surface area (Å²) in [6.07, 6.45) is -0.929. The first-order valence-electron chi connectivity index (χ1n) is 5.78. The van der Waals surface area contributed by atoms with E-state index < -0.39 is 18.7 Å². The van der Waals surface area contributed by atoms with Crippen LogP contribution in [0.2, 0.25) is 0 Å². The number of hydrogen-bond donors (Lipinski definition) is 2. The van der Waals surface area contributed by atoms with E-state index >= 15 is 0 Å². The van der Waals surface area contributed by atoms with Crippen molar-refractivity contribution in [3.05, 3.63) is 35.4 Å². The van der Waals surface area contributed by atoms with Crippen LogP contribution in [0.3, 0.4) is 0 Å². The summed E-state index contributed by atoms with van der Waals surface area (Å²) >= 11 is 1.59. The number of nitrogens with two attached hydrogens (primary N) is 2. The second-order valence-corrected chi connectivity index (χ2v) is 5.07. The second-order valence-electron chi connectivity index (χ2n) is 4.18. The van der Waals surface area contributed by atoms with Crippen molar-refractivity contribution in [3.63, 3.8) is 0 Å². The maximum atomic E-state index is 10.7. The molecule has 1 unspecified atom stereocenters. The smallest absolute Gasteiger partial charge is 0.367 e. The van der Waals surface area contributed by atoms with E-state index in [2.05, 4.69) is 0 Å².